The van der Waals surface area contributed by atoms with Crippen LogP contribution in [0.15, 0.2) is 84.9 Å². The number of carbonyl (C=O) groups excluding carboxylic acids is 2. The van der Waals surface area contributed by atoms with Crippen molar-refractivity contribution in [3.05, 3.63) is 106 Å². The van der Waals surface area contributed by atoms with E-state index >= 15 is 0 Å². The second kappa shape index (κ2) is 19.1. The number of amides is 2. The number of nitrogens with zero attached hydrogens (tertiary/aromatic N) is 8. The predicted molar refractivity (Wildman–Crippen MR) is 243 cm³/mol. The maximum absolute atomic E-state index is 14.6. The van der Waals surface area contributed by atoms with Crippen LogP contribution in [-0.4, -0.2) is 131 Å². The number of aliphatic hydroxyl groups excluding tert-OH is 1. The third kappa shape index (κ3) is 10.1. The highest BCUT2D eigenvalue weighted by atomic mass is 35.5. The normalized spacial score (nSPS) is 16.0. The minimum Gasteiger partial charge on any atom is -0.476 e. The standard InChI is InChI=1S/C45H48Cl2N10O5/c1-28-36-26-32(8-14-38(36)52-44(48-28)56-20-16-54(3)17-21-56)50-42(59)40(61-34-10-4-30(46)5-11-34)41(62-35-12-6-31(47)7-13-35)43(60)51-33-9-15-39-37(27-33)29(2)49-45(53-39)57-22-18-55(19-23-57)24-25-58/h4-15,26-27,40-41,58H,16-25H2,1-3H3,(H,50,59)(H,51,60). The number of anilines is 4. The molecule has 2 atom stereocenters. The van der Waals surface area contributed by atoms with E-state index in [1.165, 1.54) is 0 Å². The zero-order valence-electron chi connectivity index (χ0n) is 34.7. The maximum atomic E-state index is 14.6. The number of aliphatic hydroxyl groups is 1. The maximum Gasteiger partial charge on any atom is 0.269 e. The molecule has 2 fully saturated rings. The summed E-state index contributed by atoms with van der Waals surface area (Å²) in [6, 6.07) is 23.8. The highest BCUT2D eigenvalue weighted by Crippen LogP contribution is 2.28. The van der Waals surface area contributed by atoms with Gasteiger partial charge in [0.15, 0.2) is 0 Å². The third-order valence-corrected chi connectivity index (χ3v) is 11.6. The summed E-state index contributed by atoms with van der Waals surface area (Å²) in [5, 5.41) is 17.7. The van der Waals surface area contributed by atoms with Gasteiger partial charge in [-0.2, -0.15) is 0 Å². The number of hydrogen-bond donors (Lipinski definition) is 3. The molecule has 15 nitrogen and oxygen atoms in total. The number of rotatable bonds is 13. The van der Waals surface area contributed by atoms with Gasteiger partial charge in [0.2, 0.25) is 24.1 Å². The van der Waals surface area contributed by atoms with Crippen LogP contribution in [0.25, 0.3) is 21.8 Å². The lowest BCUT2D eigenvalue weighted by molar-refractivity contribution is -0.136. The Morgan fingerprint density at radius 1 is 0.629 bits per heavy atom. The Kier molecular flexibility index (Phi) is 13.2. The van der Waals surface area contributed by atoms with Gasteiger partial charge in [0, 0.05) is 91.1 Å². The highest BCUT2D eigenvalue weighted by molar-refractivity contribution is 6.30. The second-order valence-electron chi connectivity index (χ2n) is 15.5. The number of benzene rings is 4. The van der Waals surface area contributed by atoms with Crippen molar-refractivity contribution in [3.8, 4) is 11.5 Å². The summed E-state index contributed by atoms with van der Waals surface area (Å²) in [6.07, 6.45) is -3.05. The number of β-amino-alcohol motifs (C(OH)–C–C–N with tert-alkyl or cyclic N) is 1. The molecule has 0 aliphatic carbocycles. The first-order valence-electron chi connectivity index (χ1n) is 20.5. The number of aromatic nitrogens is 4. The molecular formula is C45H48Cl2N10O5. The predicted octanol–water partition coefficient (Wildman–Crippen LogP) is 5.84. The van der Waals surface area contributed by atoms with Crippen LogP contribution in [-0.2, 0) is 9.59 Å². The first-order chi connectivity index (χ1) is 30.0. The zero-order chi connectivity index (χ0) is 43.3. The summed E-state index contributed by atoms with van der Waals surface area (Å²) in [5.41, 5.74) is 3.85. The Bertz CT molecular complexity index is 2550. The minimum atomic E-state index is -1.52. The highest BCUT2D eigenvalue weighted by Gasteiger charge is 2.39. The van der Waals surface area contributed by atoms with Gasteiger partial charge in [0.1, 0.15) is 11.5 Å². The lowest BCUT2D eigenvalue weighted by atomic mass is 10.1. The third-order valence-electron chi connectivity index (χ3n) is 11.1. The van der Waals surface area contributed by atoms with Crippen molar-refractivity contribution in [2.75, 3.05) is 93.0 Å². The van der Waals surface area contributed by atoms with Crippen LogP contribution in [0.4, 0.5) is 23.3 Å². The smallest absolute Gasteiger partial charge is 0.269 e. The molecule has 0 saturated carbocycles. The topological polar surface area (TPSA) is 161 Å². The Labute approximate surface area is 369 Å². The van der Waals surface area contributed by atoms with Crippen molar-refractivity contribution < 1.29 is 24.2 Å². The summed E-state index contributed by atoms with van der Waals surface area (Å²) in [7, 11) is 2.10. The number of carbonyl (C=O) groups is 2. The van der Waals surface area contributed by atoms with Gasteiger partial charge in [-0.3, -0.25) is 14.5 Å². The molecular weight excluding hydrogens is 831 g/mol. The van der Waals surface area contributed by atoms with E-state index in [9.17, 15) is 14.7 Å². The second-order valence-corrected chi connectivity index (χ2v) is 16.4. The van der Waals surface area contributed by atoms with Crippen LogP contribution in [0.5, 0.6) is 11.5 Å². The van der Waals surface area contributed by atoms with E-state index in [2.05, 4.69) is 37.3 Å². The molecule has 62 heavy (non-hydrogen) atoms. The van der Waals surface area contributed by atoms with Crippen molar-refractivity contribution in [2.45, 2.75) is 26.1 Å². The Morgan fingerprint density at radius 3 is 1.47 bits per heavy atom. The van der Waals surface area contributed by atoms with Crippen LogP contribution in [0.2, 0.25) is 10.0 Å². The van der Waals surface area contributed by atoms with Crippen LogP contribution in [0, 0.1) is 13.8 Å². The lowest BCUT2D eigenvalue weighted by Crippen LogP contribution is -2.51. The SMILES string of the molecule is Cc1nc(N2CCN(C)CC2)nc2ccc(NC(=O)C(Oc3ccc(Cl)cc3)C(Oc3ccc(Cl)cc3)C(=O)Nc3ccc4nc(N5CCN(CCO)CC5)nc(C)c4c3)cc12. The number of piperazine rings is 2. The number of halogens is 2. The molecule has 322 valence electrons. The molecule has 0 bridgehead atoms. The molecule has 2 aliphatic rings. The summed E-state index contributed by atoms with van der Waals surface area (Å²) in [4.78, 5) is 57.2. The first-order valence-corrected chi connectivity index (χ1v) is 21.3. The zero-order valence-corrected chi connectivity index (χ0v) is 36.2. The van der Waals surface area contributed by atoms with E-state index in [0.717, 1.165) is 80.0 Å². The van der Waals surface area contributed by atoms with Crippen molar-refractivity contribution in [1.29, 1.82) is 0 Å². The molecule has 6 aromatic rings. The molecule has 2 amide bonds. The molecule has 2 saturated heterocycles. The molecule has 2 aromatic heterocycles. The fourth-order valence-electron chi connectivity index (χ4n) is 7.54. The van der Waals surface area contributed by atoms with Crippen molar-refractivity contribution >= 4 is 80.1 Å². The van der Waals surface area contributed by atoms with Gasteiger partial charge in [-0.05, 0) is 106 Å². The van der Waals surface area contributed by atoms with Crippen molar-refractivity contribution in [2.24, 2.45) is 0 Å². The molecule has 8 rings (SSSR count). The number of ether oxygens (including phenoxy) is 2. The summed E-state index contributed by atoms with van der Waals surface area (Å²) in [6.45, 7) is 11.2. The van der Waals surface area contributed by atoms with Gasteiger partial charge < -0.3 is 39.9 Å². The van der Waals surface area contributed by atoms with Gasteiger partial charge in [0.25, 0.3) is 11.8 Å². The number of nitrogens with one attached hydrogen (secondary N) is 2. The molecule has 0 spiro atoms. The average Bonchev–Trinajstić information content (AvgIpc) is 3.27. The molecule has 17 heteroatoms. The molecule has 4 heterocycles. The number of likely N-dealkylation sites (N-methyl/N-ethyl adjacent to an activating group) is 1. The summed E-state index contributed by atoms with van der Waals surface area (Å²) in [5.74, 6) is 0.582. The first kappa shape index (κ1) is 42.8. The molecule has 0 radical (unpaired) electrons. The number of aryl methyl sites for hydroxylation is 2. The quantitative estimate of drug-likeness (QED) is 0.127. The van der Waals surface area contributed by atoms with Crippen LogP contribution in [0.3, 0.4) is 0 Å². The van der Waals surface area contributed by atoms with Crippen molar-refractivity contribution in [3.63, 3.8) is 0 Å². The van der Waals surface area contributed by atoms with E-state index < -0.39 is 24.0 Å². The van der Waals surface area contributed by atoms with Crippen LogP contribution in [0.1, 0.15) is 11.4 Å². The molecule has 2 unspecified atom stereocenters. The van der Waals surface area contributed by atoms with Crippen molar-refractivity contribution in [1.82, 2.24) is 29.7 Å². The van der Waals surface area contributed by atoms with Gasteiger partial charge in [0.05, 0.1) is 29.0 Å². The Morgan fingerprint density at radius 2 is 1.05 bits per heavy atom. The Hall–Kier alpha value is -5.84. The van der Waals surface area contributed by atoms with Gasteiger partial charge in [-0.1, -0.05) is 23.2 Å². The average molecular weight is 880 g/mol. The Balaban J connectivity index is 1.08. The summed E-state index contributed by atoms with van der Waals surface area (Å²) >= 11 is 12.4. The molecule has 4 aromatic carbocycles. The molecule has 3 N–H and O–H groups in total. The fraction of sp³-hybridized carbons (Fsp3) is 0.333. The number of hydrogen-bond acceptors (Lipinski definition) is 13. The van der Waals surface area contributed by atoms with E-state index in [1.807, 2.05) is 32.0 Å². The van der Waals surface area contributed by atoms with Crippen LogP contribution >= 0.6 is 23.2 Å². The van der Waals surface area contributed by atoms with E-state index in [0.29, 0.717) is 45.4 Å². The summed E-state index contributed by atoms with van der Waals surface area (Å²) < 4.78 is 12.7. The van der Waals surface area contributed by atoms with E-state index in [1.54, 1.807) is 66.7 Å². The van der Waals surface area contributed by atoms with Crippen LogP contribution < -0.4 is 29.9 Å². The monoisotopic (exact) mass is 878 g/mol. The number of fused-ring (bicyclic) bond motifs is 2. The fourth-order valence-corrected chi connectivity index (χ4v) is 7.79. The van der Waals surface area contributed by atoms with Gasteiger partial charge in [-0.25, -0.2) is 19.9 Å². The minimum absolute atomic E-state index is 0.126. The molecule has 2 aliphatic heterocycles. The largest absolute Gasteiger partial charge is 0.476 e. The lowest BCUT2D eigenvalue weighted by Gasteiger charge is -2.34. The van der Waals surface area contributed by atoms with E-state index in [4.69, 9.17) is 52.6 Å². The van der Waals surface area contributed by atoms with E-state index in [-0.39, 0.29) is 18.1 Å². The van der Waals surface area contributed by atoms with Gasteiger partial charge in [-0.15, -0.1) is 0 Å². The van der Waals surface area contributed by atoms with Gasteiger partial charge >= 0.3 is 0 Å².